The Kier molecular flexibility index (Phi) is 6.29. The summed E-state index contributed by atoms with van der Waals surface area (Å²) in [5.74, 6) is -1.23. The Hall–Kier alpha value is -4.04. The van der Waals surface area contributed by atoms with Crippen LogP contribution in [-0.4, -0.2) is 55.1 Å². The van der Waals surface area contributed by atoms with Gasteiger partial charge in [0.25, 0.3) is 0 Å². The smallest absolute Gasteiger partial charge is 0.416 e. The Morgan fingerprint density at radius 1 is 1.12 bits per heavy atom. The number of halogens is 3. The summed E-state index contributed by atoms with van der Waals surface area (Å²) in [5.41, 5.74) is 3.06. The van der Waals surface area contributed by atoms with Crippen molar-refractivity contribution in [2.45, 2.75) is 61.1 Å². The highest BCUT2D eigenvalue weighted by atomic mass is 32.2. The molecule has 10 nitrogen and oxygen atoms in total. The molecule has 14 heteroatoms. The Labute approximate surface area is 244 Å². The van der Waals surface area contributed by atoms with E-state index in [-0.39, 0.29) is 28.8 Å². The second kappa shape index (κ2) is 9.74. The quantitative estimate of drug-likeness (QED) is 0.349. The fourth-order valence-electron chi connectivity index (χ4n) is 6.71. The molecule has 3 heterocycles. The molecule has 0 saturated heterocycles. The first-order valence-corrected chi connectivity index (χ1v) is 15.4. The van der Waals surface area contributed by atoms with E-state index in [1.807, 2.05) is 18.3 Å². The van der Waals surface area contributed by atoms with Gasteiger partial charge in [-0.2, -0.15) is 22.6 Å². The van der Waals surface area contributed by atoms with Crippen molar-refractivity contribution in [2.75, 3.05) is 6.54 Å². The minimum Gasteiger partial charge on any atom is -0.478 e. The van der Waals surface area contributed by atoms with E-state index in [1.54, 1.807) is 22.5 Å². The Bertz CT molecular complexity index is 1880. The molecule has 2 aromatic carbocycles. The second-order valence-corrected chi connectivity index (χ2v) is 13.2. The number of aryl methyl sites for hydroxylation is 2. The zero-order valence-corrected chi connectivity index (χ0v) is 23.8. The number of carboxylic acids is 1. The van der Waals surface area contributed by atoms with Crippen molar-refractivity contribution in [3.05, 3.63) is 88.0 Å². The molecule has 224 valence electrons. The number of sulfonamides is 1. The van der Waals surface area contributed by atoms with Crippen LogP contribution in [0.3, 0.4) is 0 Å². The fraction of sp³-hybridized carbons (Fsp3) is 0.379. The number of carboxylic acid groups (broad SMARTS) is 1. The number of aromatic carboxylic acids is 1. The normalized spacial score (nSPS) is 23.0. The number of aromatic nitrogens is 5. The minimum absolute atomic E-state index is 0.00402. The van der Waals surface area contributed by atoms with Gasteiger partial charge in [-0.05, 0) is 67.0 Å². The first-order chi connectivity index (χ1) is 20.4. The third kappa shape index (κ3) is 4.54. The molecule has 4 aromatic rings. The molecule has 0 amide bonds. The van der Waals surface area contributed by atoms with Crippen LogP contribution in [0, 0.1) is 0 Å². The summed E-state index contributed by atoms with van der Waals surface area (Å²) in [6, 6.07) is 7.84. The maximum Gasteiger partial charge on any atom is 0.416 e. The van der Waals surface area contributed by atoms with Gasteiger partial charge in [0.2, 0.25) is 10.0 Å². The van der Waals surface area contributed by atoms with Crippen LogP contribution in [-0.2, 0) is 36.1 Å². The topological polar surface area (TPSA) is 123 Å². The van der Waals surface area contributed by atoms with Crippen molar-refractivity contribution in [2.24, 2.45) is 7.05 Å². The van der Waals surface area contributed by atoms with Crippen molar-refractivity contribution >= 4 is 16.0 Å². The molecule has 0 unspecified atom stereocenters. The fourth-order valence-corrected chi connectivity index (χ4v) is 8.67. The Balaban J connectivity index is 1.27. The van der Waals surface area contributed by atoms with Gasteiger partial charge >= 0.3 is 12.1 Å². The average molecular weight is 613 g/mol. The SMILES string of the molecule is Cn1cc([C@@H]2C[C@H]2c2c(C(=O)O)cnn2-c2cccc3c2CC[C@@H]3N2CCCc3ccc(C(F)(F)F)cc3S2(=O)=O)nn1. The van der Waals surface area contributed by atoms with E-state index in [4.69, 9.17) is 0 Å². The summed E-state index contributed by atoms with van der Waals surface area (Å²) in [5, 5.41) is 22.7. The van der Waals surface area contributed by atoms with E-state index in [1.165, 1.54) is 16.6 Å². The molecule has 7 rings (SSSR count). The standard InChI is InChI=1S/C29H27F3N6O4S/c1-36-15-23(34-35-36)20-13-21(20)27-22(28(39)40)14-33-38(27)25-6-2-5-18-19(25)9-10-24(18)37-11-3-4-16-7-8-17(29(30,31)32)12-26(16)43(37,41)42/h2,5-8,12,14-15,20-21,24H,3-4,9-11,13H2,1H3,(H,39,40)/t20-,21-,24+/m1/s1. The van der Waals surface area contributed by atoms with Gasteiger partial charge < -0.3 is 5.11 Å². The highest BCUT2D eigenvalue weighted by Gasteiger charge is 2.47. The summed E-state index contributed by atoms with van der Waals surface area (Å²) < 4.78 is 73.0. The van der Waals surface area contributed by atoms with Gasteiger partial charge in [0.1, 0.15) is 5.56 Å². The summed E-state index contributed by atoms with van der Waals surface area (Å²) >= 11 is 0. The van der Waals surface area contributed by atoms with Crippen molar-refractivity contribution in [1.82, 2.24) is 29.1 Å². The zero-order chi connectivity index (χ0) is 30.3. The van der Waals surface area contributed by atoms with E-state index < -0.39 is 33.8 Å². The van der Waals surface area contributed by atoms with Crippen LogP contribution >= 0.6 is 0 Å². The molecule has 1 N–H and O–H groups in total. The second-order valence-electron chi connectivity index (χ2n) is 11.4. The van der Waals surface area contributed by atoms with E-state index in [0.717, 1.165) is 29.0 Å². The van der Waals surface area contributed by atoms with Gasteiger partial charge in [0.05, 0.1) is 39.8 Å². The number of nitrogens with zero attached hydrogens (tertiary/aromatic N) is 6. The number of benzene rings is 2. The van der Waals surface area contributed by atoms with E-state index >= 15 is 0 Å². The number of fused-ring (bicyclic) bond motifs is 2. The molecule has 3 aliphatic rings. The van der Waals surface area contributed by atoms with E-state index in [0.29, 0.717) is 49.0 Å². The van der Waals surface area contributed by atoms with Crippen LogP contribution < -0.4 is 0 Å². The molecular formula is C29H27F3N6O4S. The molecule has 1 fully saturated rings. The van der Waals surface area contributed by atoms with Crippen LogP contribution in [0.4, 0.5) is 13.2 Å². The molecule has 2 aromatic heterocycles. The highest BCUT2D eigenvalue weighted by Crippen LogP contribution is 2.55. The van der Waals surface area contributed by atoms with E-state index in [9.17, 15) is 31.5 Å². The van der Waals surface area contributed by atoms with Gasteiger partial charge in [0.15, 0.2) is 0 Å². The minimum atomic E-state index is -4.67. The third-order valence-corrected chi connectivity index (χ3v) is 10.8. The molecule has 43 heavy (non-hydrogen) atoms. The first-order valence-electron chi connectivity index (χ1n) is 14.0. The molecule has 1 saturated carbocycles. The Morgan fingerprint density at radius 2 is 1.93 bits per heavy atom. The van der Waals surface area contributed by atoms with Crippen LogP contribution in [0.2, 0.25) is 0 Å². The van der Waals surface area contributed by atoms with Gasteiger partial charge in [-0.3, -0.25) is 4.68 Å². The van der Waals surface area contributed by atoms with Crippen molar-refractivity contribution in [3.8, 4) is 5.69 Å². The first kappa shape index (κ1) is 27.8. The van der Waals surface area contributed by atoms with Gasteiger partial charge in [-0.25, -0.2) is 17.9 Å². The lowest BCUT2D eigenvalue weighted by molar-refractivity contribution is -0.137. The zero-order valence-electron chi connectivity index (χ0n) is 23.0. The molecule has 0 spiro atoms. The number of hydrogen-bond donors (Lipinski definition) is 1. The van der Waals surface area contributed by atoms with Crippen LogP contribution in [0.5, 0.6) is 0 Å². The monoisotopic (exact) mass is 612 g/mol. The third-order valence-electron chi connectivity index (χ3n) is 8.77. The van der Waals surface area contributed by atoms with Crippen molar-refractivity contribution in [3.63, 3.8) is 0 Å². The highest BCUT2D eigenvalue weighted by molar-refractivity contribution is 7.89. The summed E-state index contributed by atoms with van der Waals surface area (Å²) in [4.78, 5) is 11.9. The molecule has 0 radical (unpaired) electrons. The van der Waals surface area contributed by atoms with Gasteiger partial charge in [-0.15, -0.1) is 5.10 Å². The maximum atomic E-state index is 13.9. The summed E-state index contributed by atoms with van der Waals surface area (Å²) in [7, 11) is -2.48. The summed E-state index contributed by atoms with van der Waals surface area (Å²) in [6.45, 7) is 0.171. The predicted molar refractivity (Wildman–Crippen MR) is 146 cm³/mol. The average Bonchev–Trinajstić information content (AvgIpc) is 3.26. The number of alkyl halides is 3. The lowest BCUT2D eigenvalue weighted by Crippen LogP contribution is -2.34. The van der Waals surface area contributed by atoms with Crippen LogP contribution in [0.1, 0.15) is 81.1 Å². The molecule has 1 aliphatic heterocycles. The molecule has 2 aliphatic carbocycles. The molecule has 3 atom stereocenters. The number of carbonyl (C=O) groups is 1. The van der Waals surface area contributed by atoms with Gasteiger partial charge in [-0.1, -0.05) is 23.4 Å². The summed E-state index contributed by atoms with van der Waals surface area (Å²) in [6.07, 6.45) is 0.934. The van der Waals surface area contributed by atoms with Crippen molar-refractivity contribution < 1.29 is 31.5 Å². The Morgan fingerprint density at radius 3 is 2.65 bits per heavy atom. The van der Waals surface area contributed by atoms with Crippen LogP contribution in [0.25, 0.3) is 5.69 Å². The van der Waals surface area contributed by atoms with Gasteiger partial charge in [0, 0.05) is 31.6 Å². The van der Waals surface area contributed by atoms with Crippen LogP contribution in [0.15, 0.2) is 53.7 Å². The largest absolute Gasteiger partial charge is 0.478 e. The lowest BCUT2D eigenvalue weighted by Gasteiger charge is -2.28. The predicted octanol–water partition coefficient (Wildman–Crippen LogP) is 4.61. The maximum absolute atomic E-state index is 13.9. The molecule has 0 bridgehead atoms. The van der Waals surface area contributed by atoms with Crippen molar-refractivity contribution in [1.29, 1.82) is 0 Å². The number of rotatable bonds is 5. The molecular weight excluding hydrogens is 585 g/mol. The lowest BCUT2D eigenvalue weighted by atomic mass is 10.0. The van der Waals surface area contributed by atoms with E-state index in [2.05, 4.69) is 15.4 Å². The number of hydrogen-bond acceptors (Lipinski definition) is 6.